The summed E-state index contributed by atoms with van der Waals surface area (Å²) in [4.78, 5) is 12.1. The fourth-order valence-electron chi connectivity index (χ4n) is 2.87. The van der Waals surface area contributed by atoms with Crippen LogP contribution < -0.4 is 5.32 Å². The molecule has 2 aliphatic rings. The summed E-state index contributed by atoms with van der Waals surface area (Å²) in [7, 11) is -3.43. The lowest BCUT2D eigenvalue weighted by molar-refractivity contribution is -0.126. The molecule has 0 unspecified atom stereocenters. The summed E-state index contributed by atoms with van der Waals surface area (Å²) < 4.78 is 26.6. The van der Waals surface area contributed by atoms with Crippen molar-refractivity contribution < 1.29 is 13.2 Å². The molecular weight excluding hydrogens is 371 g/mol. The van der Waals surface area contributed by atoms with Crippen LogP contribution >= 0.6 is 23.2 Å². The standard InChI is InChI=1S/C16H20Cl2N2O3S/c17-14-4-1-11(9-15(14)18)10-24(22,23)20-7-5-12(6-8-20)16(21)19-13-2-3-13/h1,4,9,12-13H,2-3,5-8,10H2,(H,19,21). The van der Waals surface area contributed by atoms with Crippen LogP contribution in [0.1, 0.15) is 31.2 Å². The van der Waals surface area contributed by atoms with Crippen molar-refractivity contribution in [3.05, 3.63) is 33.8 Å². The fraction of sp³-hybridized carbons (Fsp3) is 0.562. The normalized spacial score (nSPS) is 20.1. The average Bonchev–Trinajstić information content (AvgIpc) is 3.35. The highest BCUT2D eigenvalue weighted by Crippen LogP contribution is 2.27. The molecule has 132 valence electrons. The quantitative estimate of drug-likeness (QED) is 0.840. The van der Waals surface area contributed by atoms with Crippen molar-refractivity contribution >= 4 is 39.1 Å². The van der Waals surface area contributed by atoms with Gasteiger partial charge in [-0.05, 0) is 43.4 Å². The van der Waals surface area contributed by atoms with Crippen molar-refractivity contribution in [1.82, 2.24) is 9.62 Å². The zero-order valence-electron chi connectivity index (χ0n) is 13.2. The number of carbonyl (C=O) groups excluding carboxylic acids is 1. The van der Waals surface area contributed by atoms with Crippen LogP contribution in [0.25, 0.3) is 0 Å². The summed E-state index contributed by atoms with van der Waals surface area (Å²) in [5, 5.41) is 3.74. The fourth-order valence-corrected chi connectivity index (χ4v) is 4.75. The van der Waals surface area contributed by atoms with Gasteiger partial charge in [-0.3, -0.25) is 4.79 Å². The van der Waals surface area contributed by atoms with Crippen LogP contribution in [0, 0.1) is 5.92 Å². The SMILES string of the molecule is O=C(NC1CC1)C1CCN(S(=O)(=O)Cc2ccc(Cl)c(Cl)c2)CC1. The summed E-state index contributed by atoms with van der Waals surface area (Å²) in [5.41, 5.74) is 0.609. The molecule has 1 N–H and O–H groups in total. The van der Waals surface area contributed by atoms with E-state index >= 15 is 0 Å². The van der Waals surface area contributed by atoms with Gasteiger partial charge in [-0.15, -0.1) is 0 Å². The molecule has 0 aromatic heterocycles. The maximum Gasteiger partial charge on any atom is 0.223 e. The number of halogens is 2. The molecule has 2 fully saturated rings. The number of carbonyl (C=O) groups is 1. The van der Waals surface area contributed by atoms with E-state index in [4.69, 9.17) is 23.2 Å². The molecule has 0 bridgehead atoms. The molecule has 8 heteroatoms. The van der Waals surface area contributed by atoms with E-state index in [1.807, 2.05) is 0 Å². The lowest BCUT2D eigenvalue weighted by atomic mass is 9.97. The van der Waals surface area contributed by atoms with Crippen molar-refractivity contribution in [2.24, 2.45) is 5.92 Å². The van der Waals surface area contributed by atoms with Crippen LogP contribution in [0.2, 0.25) is 10.0 Å². The van der Waals surface area contributed by atoms with Crippen LogP contribution in [-0.2, 0) is 20.6 Å². The third-order valence-electron chi connectivity index (χ3n) is 4.47. The highest BCUT2D eigenvalue weighted by atomic mass is 35.5. The van der Waals surface area contributed by atoms with Gasteiger partial charge in [0.2, 0.25) is 15.9 Å². The van der Waals surface area contributed by atoms with Gasteiger partial charge in [-0.25, -0.2) is 12.7 Å². The second kappa shape index (κ2) is 7.20. The molecular formula is C16H20Cl2N2O3S. The van der Waals surface area contributed by atoms with Crippen molar-refractivity contribution in [2.75, 3.05) is 13.1 Å². The first-order valence-corrected chi connectivity index (χ1v) is 10.4. The minimum absolute atomic E-state index is 0.0685. The third-order valence-corrected chi connectivity index (χ3v) is 7.06. The molecule has 0 spiro atoms. The number of hydrogen-bond acceptors (Lipinski definition) is 3. The maximum atomic E-state index is 12.6. The Morgan fingerprint density at radius 2 is 1.79 bits per heavy atom. The summed E-state index contributed by atoms with van der Waals surface area (Å²) in [5.74, 6) is -0.121. The van der Waals surface area contributed by atoms with Gasteiger partial charge in [0.1, 0.15) is 0 Å². The van der Waals surface area contributed by atoms with Crippen LogP contribution in [0.4, 0.5) is 0 Å². The van der Waals surface area contributed by atoms with E-state index in [1.54, 1.807) is 18.2 Å². The van der Waals surface area contributed by atoms with Gasteiger partial charge in [-0.1, -0.05) is 29.3 Å². The minimum Gasteiger partial charge on any atom is -0.353 e. The zero-order valence-corrected chi connectivity index (χ0v) is 15.5. The molecule has 1 aromatic carbocycles. The Labute approximate surface area is 152 Å². The van der Waals surface area contributed by atoms with Crippen molar-refractivity contribution in [1.29, 1.82) is 0 Å². The Bertz CT molecular complexity index is 727. The molecule has 24 heavy (non-hydrogen) atoms. The molecule has 1 aliphatic carbocycles. The van der Waals surface area contributed by atoms with E-state index < -0.39 is 10.0 Å². The van der Waals surface area contributed by atoms with Crippen LogP contribution in [-0.4, -0.2) is 37.8 Å². The second-order valence-electron chi connectivity index (χ2n) is 6.46. The average molecular weight is 391 g/mol. The molecule has 1 amide bonds. The maximum absolute atomic E-state index is 12.6. The highest BCUT2D eigenvalue weighted by molar-refractivity contribution is 7.88. The molecule has 3 rings (SSSR count). The molecule has 1 aromatic rings. The van der Waals surface area contributed by atoms with Gasteiger partial charge in [-0.2, -0.15) is 0 Å². The van der Waals surface area contributed by atoms with E-state index in [0.29, 0.717) is 47.6 Å². The number of sulfonamides is 1. The monoisotopic (exact) mass is 390 g/mol. The van der Waals surface area contributed by atoms with Gasteiger partial charge in [0, 0.05) is 25.0 Å². The van der Waals surface area contributed by atoms with Crippen LogP contribution in [0.5, 0.6) is 0 Å². The molecule has 0 atom stereocenters. The first-order valence-electron chi connectivity index (χ1n) is 8.07. The Morgan fingerprint density at radius 1 is 1.12 bits per heavy atom. The van der Waals surface area contributed by atoms with Crippen molar-refractivity contribution in [3.8, 4) is 0 Å². The number of amides is 1. The third kappa shape index (κ3) is 4.42. The predicted octanol–water partition coefficient (Wildman–Crippen LogP) is 2.81. The Morgan fingerprint density at radius 3 is 2.38 bits per heavy atom. The summed E-state index contributed by atoms with van der Waals surface area (Å²) >= 11 is 11.8. The topological polar surface area (TPSA) is 66.5 Å². The zero-order chi connectivity index (χ0) is 17.3. The Kier molecular flexibility index (Phi) is 5.39. The number of benzene rings is 1. The molecule has 0 radical (unpaired) electrons. The van der Waals surface area contributed by atoms with Crippen molar-refractivity contribution in [3.63, 3.8) is 0 Å². The van der Waals surface area contributed by atoms with E-state index in [-0.39, 0.29) is 17.6 Å². The Balaban J connectivity index is 1.57. The number of piperidine rings is 1. The van der Waals surface area contributed by atoms with Gasteiger partial charge in [0.25, 0.3) is 0 Å². The van der Waals surface area contributed by atoms with E-state index in [0.717, 1.165) is 12.8 Å². The molecule has 1 saturated carbocycles. The first kappa shape index (κ1) is 18.0. The Hall–Kier alpha value is -0.820. The van der Waals surface area contributed by atoms with Crippen LogP contribution in [0.15, 0.2) is 18.2 Å². The predicted molar refractivity (Wildman–Crippen MR) is 94.5 cm³/mol. The highest BCUT2D eigenvalue weighted by Gasteiger charge is 2.33. The lowest BCUT2D eigenvalue weighted by Gasteiger charge is -2.30. The number of nitrogens with zero attached hydrogens (tertiary/aromatic N) is 1. The molecule has 1 aliphatic heterocycles. The molecule has 5 nitrogen and oxygen atoms in total. The minimum atomic E-state index is -3.43. The van der Waals surface area contributed by atoms with Gasteiger partial charge in [0.15, 0.2) is 0 Å². The molecule has 1 heterocycles. The molecule has 1 saturated heterocycles. The van der Waals surface area contributed by atoms with Gasteiger partial charge < -0.3 is 5.32 Å². The van der Waals surface area contributed by atoms with E-state index in [2.05, 4.69) is 5.32 Å². The van der Waals surface area contributed by atoms with E-state index in [1.165, 1.54) is 4.31 Å². The second-order valence-corrected chi connectivity index (χ2v) is 9.24. The summed E-state index contributed by atoms with van der Waals surface area (Å²) in [6, 6.07) is 5.19. The van der Waals surface area contributed by atoms with Gasteiger partial charge >= 0.3 is 0 Å². The number of rotatable bonds is 5. The smallest absolute Gasteiger partial charge is 0.223 e. The largest absolute Gasteiger partial charge is 0.353 e. The number of hydrogen-bond donors (Lipinski definition) is 1. The van der Waals surface area contributed by atoms with Gasteiger partial charge in [0.05, 0.1) is 15.8 Å². The van der Waals surface area contributed by atoms with Crippen LogP contribution in [0.3, 0.4) is 0 Å². The van der Waals surface area contributed by atoms with Crippen molar-refractivity contribution in [2.45, 2.75) is 37.5 Å². The number of nitrogens with one attached hydrogen (secondary N) is 1. The first-order chi connectivity index (χ1) is 11.3. The lowest BCUT2D eigenvalue weighted by Crippen LogP contribution is -2.43. The summed E-state index contributed by atoms with van der Waals surface area (Å²) in [6.07, 6.45) is 3.25. The summed E-state index contributed by atoms with van der Waals surface area (Å²) in [6.45, 7) is 0.763. The van der Waals surface area contributed by atoms with E-state index in [9.17, 15) is 13.2 Å².